The van der Waals surface area contributed by atoms with Crippen molar-refractivity contribution in [2.45, 2.75) is 19.9 Å². The molecule has 24 heavy (non-hydrogen) atoms. The number of ether oxygens (including phenoxy) is 2. The molecule has 0 radical (unpaired) electrons. The van der Waals surface area contributed by atoms with Crippen molar-refractivity contribution in [2.24, 2.45) is 0 Å². The van der Waals surface area contributed by atoms with Gasteiger partial charge in [-0.15, -0.1) is 0 Å². The lowest BCUT2D eigenvalue weighted by molar-refractivity contribution is -0.139. The number of benzene rings is 1. The molecule has 7 heteroatoms. The predicted octanol–water partition coefficient (Wildman–Crippen LogP) is 2.07. The quantitative estimate of drug-likeness (QED) is 0.847. The number of carbonyl (C=O) groups is 1. The summed E-state index contributed by atoms with van der Waals surface area (Å²) >= 11 is 0. The zero-order valence-corrected chi connectivity index (χ0v) is 13.9. The highest BCUT2D eigenvalue weighted by Gasteiger charge is 2.36. The van der Waals surface area contributed by atoms with Gasteiger partial charge >= 0.3 is 5.97 Å². The fraction of sp³-hybridized carbons (Fsp3) is 0.353. The molecule has 1 aliphatic rings. The molecule has 1 aromatic heterocycles. The van der Waals surface area contributed by atoms with Crippen molar-refractivity contribution in [3.05, 3.63) is 53.0 Å². The molecule has 1 aliphatic heterocycles. The van der Waals surface area contributed by atoms with Gasteiger partial charge in [-0.3, -0.25) is 0 Å². The highest BCUT2D eigenvalue weighted by molar-refractivity contribution is 5.92. The standard InChI is InChI=1S/C17H20N4O3/c1-4-24-16(22)14-13(9-23-3)20-17-18-10-19-21(17)15(14)12-8-6-5-7-11(12)2/h5-8,10,15H,4,9H2,1-3H3,(H,18,19,20). The van der Waals surface area contributed by atoms with Crippen molar-refractivity contribution in [3.63, 3.8) is 0 Å². The van der Waals surface area contributed by atoms with Crippen molar-refractivity contribution >= 4 is 11.9 Å². The van der Waals surface area contributed by atoms with Crippen LogP contribution in [0.1, 0.15) is 24.1 Å². The third-order valence-electron chi connectivity index (χ3n) is 3.95. The summed E-state index contributed by atoms with van der Waals surface area (Å²) < 4.78 is 12.2. The average molecular weight is 328 g/mol. The van der Waals surface area contributed by atoms with E-state index in [1.54, 1.807) is 18.7 Å². The Labute approximate surface area is 140 Å². The summed E-state index contributed by atoms with van der Waals surface area (Å²) in [4.78, 5) is 16.9. The number of anilines is 1. The van der Waals surface area contributed by atoms with Crippen molar-refractivity contribution in [1.29, 1.82) is 0 Å². The van der Waals surface area contributed by atoms with Gasteiger partial charge in [-0.05, 0) is 25.0 Å². The summed E-state index contributed by atoms with van der Waals surface area (Å²) in [5.74, 6) is 0.190. The Balaban J connectivity index is 2.20. The molecule has 1 atom stereocenters. The first kappa shape index (κ1) is 16.2. The second-order valence-corrected chi connectivity index (χ2v) is 5.46. The van der Waals surface area contributed by atoms with E-state index in [1.807, 2.05) is 31.2 Å². The molecular formula is C17H20N4O3. The molecule has 0 bridgehead atoms. The number of carbonyl (C=O) groups excluding carboxylic acids is 1. The largest absolute Gasteiger partial charge is 0.463 e. The van der Waals surface area contributed by atoms with Gasteiger partial charge in [-0.25, -0.2) is 9.48 Å². The van der Waals surface area contributed by atoms with Crippen molar-refractivity contribution in [3.8, 4) is 0 Å². The van der Waals surface area contributed by atoms with Gasteiger partial charge in [0, 0.05) is 7.11 Å². The molecule has 0 aliphatic carbocycles. The third-order valence-corrected chi connectivity index (χ3v) is 3.95. The number of nitrogens with zero attached hydrogens (tertiary/aromatic N) is 3. The molecule has 2 aromatic rings. The first-order valence-corrected chi connectivity index (χ1v) is 7.78. The Morgan fingerprint density at radius 2 is 2.17 bits per heavy atom. The highest BCUT2D eigenvalue weighted by atomic mass is 16.5. The number of nitrogens with one attached hydrogen (secondary N) is 1. The number of aryl methyl sites for hydroxylation is 1. The van der Waals surface area contributed by atoms with Gasteiger partial charge in [0.1, 0.15) is 12.4 Å². The molecule has 3 rings (SSSR count). The van der Waals surface area contributed by atoms with Gasteiger partial charge in [-0.2, -0.15) is 10.1 Å². The fourth-order valence-corrected chi connectivity index (χ4v) is 2.90. The van der Waals surface area contributed by atoms with E-state index in [9.17, 15) is 4.79 Å². The number of aromatic nitrogens is 3. The maximum absolute atomic E-state index is 12.7. The van der Waals surface area contributed by atoms with E-state index in [-0.39, 0.29) is 12.6 Å². The Hall–Kier alpha value is -2.67. The summed E-state index contributed by atoms with van der Waals surface area (Å²) in [6, 6.07) is 7.49. The van der Waals surface area contributed by atoms with Gasteiger partial charge in [0.2, 0.25) is 5.95 Å². The minimum Gasteiger partial charge on any atom is -0.463 e. The van der Waals surface area contributed by atoms with Crippen LogP contribution in [0.5, 0.6) is 0 Å². The smallest absolute Gasteiger partial charge is 0.338 e. The highest BCUT2D eigenvalue weighted by Crippen LogP contribution is 2.36. The molecule has 126 valence electrons. The van der Waals surface area contributed by atoms with Gasteiger partial charge in [0.05, 0.1) is 24.5 Å². The summed E-state index contributed by atoms with van der Waals surface area (Å²) in [7, 11) is 1.58. The van der Waals surface area contributed by atoms with Crippen LogP contribution in [0.2, 0.25) is 0 Å². The molecule has 2 heterocycles. The molecule has 0 fully saturated rings. The van der Waals surface area contributed by atoms with Crippen LogP contribution in [0.25, 0.3) is 0 Å². The molecule has 0 amide bonds. The van der Waals surface area contributed by atoms with Gasteiger partial charge in [0.25, 0.3) is 0 Å². The van der Waals surface area contributed by atoms with Crippen LogP contribution in [0, 0.1) is 6.92 Å². The normalized spacial score (nSPS) is 16.5. The van der Waals surface area contributed by atoms with Gasteiger partial charge < -0.3 is 14.8 Å². The SMILES string of the molecule is CCOC(=O)C1=C(COC)Nc2ncnn2C1c1ccccc1C. The van der Waals surface area contributed by atoms with Gasteiger partial charge in [-0.1, -0.05) is 24.3 Å². The topological polar surface area (TPSA) is 78.3 Å². The molecule has 0 saturated carbocycles. The lowest BCUT2D eigenvalue weighted by Crippen LogP contribution is -2.32. The first-order valence-electron chi connectivity index (χ1n) is 7.78. The number of hydrogen-bond donors (Lipinski definition) is 1. The second kappa shape index (κ2) is 6.84. The molecular weight excluding hydrogens is 308 g/mol. The number of hydrogen-bond acceptors (Lipinski definition) is 6. The summed E-state index contributed by atoms with van der Waals surface area (Å²) in [5.41, 5.74) is 3.17. The summed E-state index contributed by atoms with van der Waals surface area (Å²) in [6.07, 6.45) is 1.46. The minimum atomic E-state index is -0.408. The fourth-order valence-electron chi connectivity index (χ4n) is 2.90. The lowest BCUT2D eigenvalue weighted by atomic mass is 9.92. The number of methoxy groups -OCH3 is 1. The molecule has 1 unspecified atom stereocenters. The zero-order valence-electron chi connectivity index (χ0n) is 13.9. The summed E-state index contributed by atoms with van der Waals surface area (Å²) in [5, 5.41) is 7.43. The Morgan fingerprint density at radius 1 is 1.38 bits per heavy atom. The van der Waals surface area contributed by atoms with E-state index in [1.165, 1.54) is 6.33 Å². The van der Waals surface area contributed by atoms with Crippen LogP contribution in [-0.4, -0.2) is 41.1 Å². The maximum Gasteiger partial charge on any atom is 0.338 e. The van der Waals surface area contributed by atoms with Crippen molar-refractivity contribution < 1.29 is 14.3 Å². The van der Waals surface area contributed by atoms with E-state index in [4.69, 9.17) is 9.47 Å². The Kier molecular flexibility index (Phi) is 4.61. The first-order chi connectivity index (χ1) is 11.7. The van der Waals surface area contributed by atoms with E-state index in [0.29, 0.717) is 23.8 Å². The van der Waals surface area contributed by atoms with Crippen LogP contribution < -0.4 is 5.32 Å². The van der Waals surface area contributed by atoms with Gasteiger partial charge in [0.15, 0.2) is 0 Å². The summed E-state index contributed by atoms with van der Waals surface area (Å²) in [6.45, 7) is 4.35. The average Bonchev–Trinajstić information content (AvgIpc) is 3.03. The Bertz CT molecular complexity index is 782. The van der Waals surface area contributed by atoms with Crippen LogP contribution in [-0.2, 0) is 14.3 Å². The Morgan fingerprint density at radius 3 is 2.88 bits per heavy atom. The predicted molar refractivity (Wildman–Crippen MR) is 88.5 cm³/mol. The monoisotopic (exact) mass is 328 g/mol. The molecule has 0 saturated heterocycles. The van der Waals surface area contributed by atoms with Crippen LogP contribution in [0.4, 0.5) is 5.95 Å². The second-order valence-electron chi connectivity index (χ2n) is 5.46. The molecule has 7 nitrogen and oxygen atoms in total. The van der Waals surface area contributed by atoms with E-state index in [2.05, 4.69) is 15.4 Å². The number of fused-ring (bicyclic) bond motifs is 1. The van der Waals surface area contributed by atoms with Crippen LogP contribution >= 0.6 is 0 Å². The molecule has 0 spiro atoms. The minimum absolute atomic E-state index is 0.253. The third kappa shape index (κ3) is 2.78. The van der Waals surface area contributed by atoms with Crippen molar-refractivity contribution in [2.75, 3.05) is 25.6 Å². The van der Waals surface area contributed by atoms with Crippen LogP contribution in [0.15, 0.2) is 41.9 Å². The zero-order chi connectivity index (χ0) is 17.1. The maximum atomic E-state index is 12.7. The lowest BCUT2D eigenvalue weighted by Gasteiger charge is -2.30. The number of esters is 1. The van der Waals surface area contributed by atoms with E-state index >= 15 is 0 Å². The van der Waals surface area contributed by atoms with E-state index < -0.39 is 6.04 Å². The number of rotatable bonds is 5. The molecule has 1 aromatic carbocycles. The van der Waals surface area contributed by atoms with Crippen LogP contribution in [0.3, 0.4) is 0 Å². The molecule has 1 N–H and O–H groups in total. The van der Waals surface area contributed by atoms with Crippen molar-refractivity contribution in [1.82, 2.24) is 14.8 Å². The van der Waals surface area contributed by atoms with E-state index in [0.717, 1.165) is 11.1 Å².